The second-order valence-corrected chi connectivity index (χ2v) is 4.27. The number of rotatable bonds is 6. The first-order chi connectivity index (χ1) is 7.65. The molecular formula is C12H22N4. The molecule has 0 aliphatic rings. The van der Waals surface area contributed by atoms with Crippen LogP contribution in [0.1, 0.15) is 40.0 Å². The zero-order valence-corrected chi connectivity index (χ0v) is 10.5. The van der Waals surface area contributed by atoms with E-state index in [1.807, 2.05) is 6.07 Å². The monoisotopic (exact) mass is 222 g/mol. The lowest BCUT2D eigenvalue weighted by molar-refractivity contribution is 0.619. The van der Waals surface area contributed by atoms with Crippen LogP contribution in [-0.4, -0.2) is 22.6 Å². The summed E-state index contributed by atoms with van der Waals surface area (Å²) in [5.74, 6) is 1.28. The van der Waals surface area contributed by atoms with Crippen molar-refractivity contribution >= 4 is 11.8 Å². The van der Waals surface area contributed by atoms with Crippen molar-refractivity contribution in [2.75, 3.05) is 17.2 Å². The molecule has 1 heterocycles. The number of anilines is 2. The Morgan fingerprint density at radius 2 is 2.12 bits per heavy atom. The maximum atomic E-state index is 5.60. The maximum absolute atomic E-state index is 5.60. The average Bonchev–Trinajstić information content (AvgIpc) is 2.24. The SMILES string of the molecule is CCCCCN(c1ccnc(N)n1)C(C)C. The number of hydrogen-bond donors (Lipinski definition) is 1. The Morgan fingerprint density at radius 3 is 2.69 bits per heavy atom. The molecule has 0 aliphatic heterocycles. The van der Waals surface area contributed by atoms with Crippen molar-refractivity contribution in [3.05, 3.63) is 12.3 Å². The minimum Gasteiger partial charge on any atom is -0.368 e. The van der Waals surface area contributed by atoms with Gasteiger partial charge in [-0.15, -0.1) is 0 Å². The van der Waals surface area contributed by atoms with Crippen molar-refractivity contribution in [1.82, 2.24) is 9.97 Å². The topological polar surface area (TPSA) is 55.0 Å². The van der Waals surface area contributed by atoms with E-state index in [4.69, 9.17) is 5.73 Å². The Balaban J connectivity index is 2.69. The minimum absolute atomic E-state index is 0.346. The van der Waals surface area contributed by atoms with E-state index < -0.39 is 0 Å². The summed E-state index contributed by atoms with van der Waals surface area (Å²) < 4.78 is 0. The van der Waals surface area contributed by atoms with Gasteiger partial charge in [-0.25, -0.2) is 4.98 Å². The van der Waals surface area contributed by atoms with Crippen LogP contribution >= 0.6 is 0 Å². The van der Waals surface area contributed by atoms with Gasteiger partial charge in [-0.2, -0.15) is 4.98 Å². The molecule has 90 valence electrons. The number of unbranched alkanes of at least 4 members (excludes halogenated alkanes) is 2. The molecule has 0 saturated heterocycles. The van der Waals surface area contributed by atoms with Crippen LogP contribution in [0.5, 0.6) is 0 Å². The van der Waals surface area contributed by atoms with Crippen LogP contribution in [0.25, 0.3) is 0 Å². The second-order valence-electron chi connectivity index (χ2n) is 4.27. The van der Waals surface area contributed by atoms with Crippen molar-refractivity contribution in [3.8, 4) is 0 Å². The van der Waals surface area contributed by atoms with Crippen molar-refractivity contribution < 1.29 is 0 Å². The van der Waals surface area contributed by atoms with Crippen molar-refractivity contribution in [1.29, 1.82) is 0 Å². The fraction of sp³-hybridized carbons (Fsp3) is 0.667. The lowest BCUT2D eigenvalue weighted by atomic mass is 10.2. The smallest absolute Gasteiger partial charge is 0.221 e. The van der Waals surface area contributed by atoms with Crippen LogP contribution in [-0.2, 0) is 0 Å². The van der Waals surface area contributed by atoms with Crippen LogP contribution in [0, 0.1) is 0 Å². The zero-order valence-electron chi connectivity index (χ0n) is 10.5. The average molecular weight is 222 g/mol. The van der Waals surface area contributed by atoms with E-state index in [9.17, 15) is 0 Å². The first kappa shape index (κ1) is 12.7. The highest BCUT2D eigenvalue weighted by Gasteiger charge is 2.11. The summed E-state index contributed by atoms with van der Waals surface area (Å²) in [7, 11) is 0. The third-order valence-electron chi connectivity index (χ3n) is 2.58. The largest absolute Gasteiger partial charge is 0.368 e. The number of hydrogen-bond acceptors (Lipinski definition) is 4. The van der Waals surface area contributed by atoms with Gasteiger partial charge in [-0.05, 0) is 26.3 Å². The molecule has 1 rings (SSSR count). The molecule has 16 heavy (non-hydrogen) atoms. The van der Waals surface area contributed by atoms with Crippen molar-refractivity contribution in [2.45, 2.75) is 46.1 Å². The van der Waals surface area contributed by atoms with Gasteiger partial charge in [-0.3, -0.25) is 0 Å². The van der Waals surface area contributed by atoms with Gasteiger partial charge in [0.2, 0.25) is 5.95 Å². The predicted molar refractivity (Wildman–Crippen MR) is 68.5 cm³/mol. The molecule has 0 saturated carbocycles. The normalized spacial score (nSPS) is 10.8. The number of nitrogens with two attached hydrogens (primary N) is 1. The molecular weight excluding hydrogens is 200 g/mol. The molecule has 0 radical (unpaired) electrons. The molecule has 0 atom stereocenters. The Hall–Kier alpha value is -1.32. The van der Waals surface area contributed by atoms with E-state index >= 15 is 0 Å². The summed E-state index contributed by atoms with van der Waals surface area (Å²) in [6.07, 6.45) is 5.40. The Labute approximate surface area is 97.9 Å². The van der Waals surface area contributed by atoms with E-state index in [-0.39, 0.29) is 0 Å². The predicted octanol–water partition coefficient (Wildman–Crippen LogP) is 2.46. The van der Waals surface area contributed by atoms with Gasteiger partial charge in [0.05, 0.1) is 0 Å². The third kappa shape index (κ3) is 3.68. The zero-order chi connectivity index (χ0) is 12.0. The second kappa shape index (κ2) is 6.30. The Morgan fingerprint density at radius 1 is 1.38 bits per heavy atom. The highest BCUT2D eigenvalue weighted by atomic mass is 15.2. The molecule has 0 amide bonds. The van der Waals surface area contributed by atoms with Gasteiger partial charge < -0.3 is 10.6 Å². The molecule has 4 nitrogen and oxygen atoms in total. The van der Waals surface area contributed by atoms with Crippen LogP contribution in [0.2, 0.25) is 0 Å². The molecule has 0 fully saturated rings. The van der Waals surface area contributed by atoms with Crippen LogP contribution < -0.4 is 10.6 Å². The van der Waals surface area contributed by atoms with Gasteiger partial charge in [0.1, 0.15) is 5.82 Å². The molecule has 0 unspecified atom stereocenters. The van der Waals surface area contributed by atoms with E-state index in [1.165, 1.54) is 19.3 Å². The van der Waals surface area contributed by atoms with Gasteiger partial charge >= 0.3 is 0 Å². The standard InChI is InChI=1S/C12H22N4/c1-4-5-6-9-16(10(2)3)11-7-8-14-12(13)15-11/h7-8,10H,4-6,9H2,1-3H3,(H2,13,14,15). The molecule has 0 aromatic carbocycles. The van der Waals surface area contributed by atoms with Crippen LogP contribution in [0.15, 0.2) is 12.3 Å². The first-order valence-electron chi connectivity index (χ1n) is 6.00. The molecule has 0 spiro atoms. The lowest BCUT2D eigenvalue weighted by Crippen LogP contribution is -2.32. The summed E-state index contributed by atoms with van der Waals surface area (Å²) in [5, 5.41) is 0. The van der Waals surface area contributed by atoms with Gasteiger partial charge in [0.15, 0.2) is 0 Å². The van der Waals surface area contributed by atoms with Gasteiger partial charge in [0.25, 0.3) is 0 Å². The highest BCUT2D eigenvalue weighted by Crippen LogP contribution is 2.15. The summed E-state index contributed by atoms with van der Waals surface area (Å²) in [4.78, 5) is 10.5. The van der Waals surface area contributed by atoms with E-state index in [1.54, 1.807) is 6.20 Å². The summed E-state index contributed by atoms with van der Waals surface area (Å²) in [5.41, 5.74) is 5.60. The molecule has 0 aliphatic carbocycles. The Bertz CT molecular complexity index is 312. The Kier molecular flexibility index (Phi) is 5.02. The highest BCUT2D eigenvalue weighted by molar-refractivity contribution is 5.41. The fourth-order valence-corrected chi connectivity index (χ4v) is 1.69. The first-order valence-corrected chi connectivity index (χ1v) is 6.00. The summed E-state index contributed by atoms with van der Waals surface area (Å²) >= 11 is 0. The summed E-state index contributed by atoms with van der Waals surface area (Å²) in [6.45, 7) is 7.58. The molecule has 2 N–H and O–H groups in total. The van der Waals surface area contributed by atoms with Gasteiger partial charge in [0, 0.05) is 18.8 Å². The van der Waals surface area contributed by atoms with Crippen LogP contribution in [0.4, 0.5) is 11.8 Å². The van der Waals surface area contributed by atoms with E-state index in [2.05, 4.69) is 35.6 Å². The quantitative estimate of drug-likeness (QED) is 0.751. The molecule has 4 heteroatoms. The van der Waals surface area contributed by atoms with Gasteiger partial charge in [-0.1, -0.05) is 19.8 Å². The lowest BCUT2D eigenvalue weighted by Gasteiger charge is -2.27. The van der Waals surface area contributed by atoms with E-state index in [0.29, 0.717) is 12.0 Å². The summed E-state index contributed by atoms with van der Waals surface area (Å²) in [6, 6.07) is 2.36. The van der Waals surface area contributed by atoms with Crippen molar-refractivity contribution in [2.24, 2.45) is 0 Å². The van der Waals surface area contributed by atoms with Crippen LogP contribution in [0.3, 0.4) is 0 Å². The third-order valence-corrected chi connectivity index (χ3v) is 2.58. The fourth-order valence-electron chi connectivity index (χ4n) is 1.69. The number of nitrogens with zero attached hydrogens (tertiary/aromatic N) is 3. The number of nitrogen functional groups attached to an aromatic ring is 1. The number of aromatic nitrogens is 2. The van der Waals surface area contributed by atoms with E-state index in [0.717, 1.165) is 12.4 Å². The molecule has 1 aromatic heterocycles. The molecule has 0 bridgehead atoms. The maximum Gasteiger partial charge on any atom is 0.221 e. The molecule has 1 aromatic rings. The minimum atomic E-state index is 0.346. The van der Waals surface area contributed by atoms with Crippen molar-refractivity contribution in [3.63, 3.8) is 0 Å².